The van der Waals surface area contributed by atoms with Gasteiger partial charge in [-0.25, -0.2) is 13.4 Å². The minimum atomic E-state index is -10.7. The van der Waals surface area contributed by atoms with Crippen molar-refractivity contribution in [2.45, 2.75) is 4.90 Å². The van der Waals surface area contributed by atoms with Crippen LogP contribution in [0.3, 0.4) is 0 Å². The summed E-state index contributed by atoms with van der Waals surface area (Å²) in [5, 5.41) is 0. The van der Waals surface area contributed by atoms with E-state index in [9.17, 15) is 33.6 Å². The fourth-order valence-electron chi connectivity index (χ4n) is 0.534. The summed E-state index contributed by atoms with van der Waals surface area (Å²) in [5.74, 6) is 0. The van der Waals surface area contributed by atoms with Gasteiger partial charge in [0.15, 0.2) is 12.4 Å². The third-order valence-corrected chi connectivity index (χ3v) is 2.34. The molecule has 1 rings (SSSR count). The maximum atomic E-state index is 10.6. The summed E-state index contributed by atoms with van der Waals surface area (Å²) in [6.45, 7) is 0. The second-order valence-electron chi connectivity index (χ2n) is 2.63. The molecule has 1 aromatic rings. The molecule has 0 amide bonds. The van der Waals surface area contributed by atoms with E-state index in [0.29, 0.717) is 0 Å². The summed E-state index contributed by atoms with van der Waals surface area (Å²) in [5.41, 5.74) is 0. The fraction of sp³-hybridized carbons (Fsp3) is 0. The second kappa shape index (κ2) is 3.96. The zero-order chi connectivity index (χ0) is 14.0. The van der Waals surface area contributed by atoms with Gasteiger partial charge in [0.2, 0.25) is 0 Å². The molecular formula is C5H5ClF6NO2PS. The topological polar surface area (TPSA) is 48.3 Å². The molecule has 0 aliphatic heterocycles. The Labute approximate surface area is 96.1 Å². The zero-order valence-corrected chi connectivity index (χ0v) is 10.1. The molecule has 12 heteroatoms. The molecule has 17 heavy (non-hydrogen) atoms. The Balaban J connectivity index is 0.000000325. The average Bonchev–Trinajstić information content (AvgIpc) is 1.98. The molecule has 0 aliphatic carbocycles. The number of rotatable bonds is 1. The Hall–Kier alpha value is -0.600. The maximum Gasteiger partial charge on any atom is 0.261 e. The van der Waals surface area contributed by atoms with Crippen molar-refractivity contribution in [2.24, 2.45) is 0 Å². The van der Waals surface area contributed by atoms with Gasteiger partial charge >= 0.3 is 33.0 Å². The van der Waals surface area contributed by atoms with Crippen LogP contribution in [0, 0.1) is 0 Å². The van der Waals surface area contributed by atoms with Crippen LogP contribution >= 0.6 is 18.5 Å². The first-order chi connectivity index (χ1) is 7.05. The van der Waals surface area contributed by atoms with E-state index in [-0.39, 0.29) is 4.90 Å². The van der Waals surface area contributed by atoms with E-state index in [1.807, 2.05) is 0 Å². The molecular weight excluding hydrogens is 319 g/mol. The van der Waals surface area contributed by atoms with Crippen molar-refractivity contribution in [3.63, 3.8) is 0 Å². The van der Waals surface area contributed by atoms with Crippen molar-refractivity contribution in [2.75, 3.05) is 0 Å². The normalized spacial score (nSPS) is 16.2. The summed E-state index contributed by atoms with van der Waals surface area (Å²) in [6.07, 6.45) is 2.99. The summed E-state index contributed by atoms with van der Waals surface area (Å²) >= 11 is 0. The molecule has 0 saturated heterocycles. The van der Waals surface area contributed by atoms with E-state index in [1.165, 1.54) is 24.5 Å². The zero-order valence-electron chi connectivity index (χ0n) is 7.63. The van der Waals surface area contributed by atoms with Gasteiger partial charge in [-0.3, -0.25) is 0 Å². The number of hydrogen-bond donors (Lipinski definition) is 0. The fourth-order valence-corrected chi connectivity index (χ4v) is 1.30. The Morgan fingerprint density at radius 3 is 1.47 bits per heavy atom. The van der Waals surface area contributed by atoms with Crippen molar-refractivity contribution in [1.29, 1.82) is 0 Å². The molecule has 1 heterocycles. The van der Waals surface area contributed by atoms with E-state index < -0.39 is 16.9 Å². The third kappa shape index (κ3) is 15.4. The van der Waals surface area contributed by atoms with Crippen molar-refractivity contribution < 1.29 is 38.6 Å². The van der Waals surface area contributed by atoms with Crippen molar-refractivity contribution >= 4 is 27.5 Å². The predicted octanol–water partition coefficient (Wildman–Crippen LogP) is 3.81. The maximum absolute atomic E-state index is 10.7. The van der Waals surface area contributed by atoms with Gasteiger partial charge < -0.3 is 0 Å². The monoisotopic (exact) mass is 323 g/mol. The van der Waals surface area contributed by atoms with Gasteiger partial charge in [0.1, 0.15) is 0 Å². The largest absolute Gasteiger partial charge is 0.261 e. The number of pyridine rings is 1. The molecule has 0 aliphatic rings. The Kier molecular flexibility index (Phi) is 3.82. The number of halogens is 7. The molecule has 102 valence electrons. The van der Waals surface area contributed by atoms with Crippen molar-refractivity contribution in [3.05, 3.63) is 24.5 Å². The molecule has 0 atom stereocenters. The van der Waals surface area contributed by atoms with Gasteiger partial charge in [-0.2, -0.15) is 0 Å². The van der Waals surface area contributed by atoms with E-state index in [4.69, 9.17) is 10.7 Å². The standard InChI is InChI=1S/C5H4ClNO2S.F6P/c6-10(8,9)5-1-3-7-4-2-5;1-7(2,3,4,5)6/h1-4H;/q;-1/p+1. The molecule has 0 fully saturated rings. The molecule has 1 N–H and O–H groups in total. The summed E-state index contributed by atoms with van der Waals surface area (Å²) < 4.78 is 80.4. The summed E-state index contributed by atoms with van der Waals surface area (Å²) in [6, 6.07) is 2.78. The van der Waals surface area contributed by atoms with Crippen LogP contribution < -0.4 is 4.98 Å². The van der Waals surface area contributed by atoms with Crippen molar-refractivity contribution in [1.82, 2.24) is 0 Å². The number of H-pyrrole nitrogens is 1. The SMILES string of the molecule is F[P-](F)(F)(F)(F)F.O=S(=O)(Cl)c1cc[nH+]cc1. The smallest absolute Gasteiger partial charge is 0.218 e. The van der Waals surface area contributed by atoms with E-state index in [0.717, 1.165) is 0 Å². The molecule has 0 radical (unpaired) electrons. The molecule has 0 bridgehead atoms. The van der Waals surface area contributed by atoms with Gasteiger partial charge in [-0.15, -0.1) is 0 Å². The van der Waals surface area contributed by atoms with Gasteiger partial charge in [-0.1, -0.05) is 0 Å². The minimum Gasteiger partial charge on any atom is -0.218 e. The van der Waals surface area contributed by atoms with E-state index in [2.05, 4.69) is 4.98 Å². The molecule has 3 nitrogen and oxygen atoms in total. The van der Waals surface area contributed by atoms with Gasteiger partial charge in [-0.05, 0) is 0 Å². The third-order valence-electron chi connectivity index (χ3n) is 0.969. The Morgan fingerprint density at radius 1 is 1.00 bits per heavy atom. The minimum absolute atomic E-state index is 0.105. The van der Waals surface area contributed by atoms with Crippen LogP contribution in [0.2, 0.25) is 0 Å². The Morgan fingerprint density at radius 2 is 1.29 bits per heavy atom. The first-order valence-corrected chi connectivity index (χ1v) is 7.87. The van der Waals surface area contributed by atoms with Crippen LogP contribution in [0.4, 0.5) is 25.2 Å². The van der Waals surface area contributed by atoms with Gasteiger partial charge in [0.25, 0.3) is 9.05 Å². The quantitative estimate of drug-likeness (QED) is 0.448. The number of aromatic amines is 1. The molecule has 0 saturated carbocycles. The van der Waals surface area contributed by atoms with E-state index in [1.54, 1.807) is 0 Å². The first kappa shape index (κ1) is 16.4. The Bertz CT molecular complexity index is 474. The number of nitrogens with one attached hydrogen (secondary N) is 1. The summed E-state index contributed by atoms with van der Waals surface area (Å²) in [4.78, 5) is 2.79. The van der Waals surface area contributed by atoms with Crippen LogP contribution in [-0.2, 0) is 9.05 Å². The predicted molar refractivity (Wildman–Crippen MR) is 49.6 cm³/mol. The van der Waals surface area contributed by atoms with Crippen LogP contribution in [-0.4, -0.2) is 8.42 Å². The summed E-state index contributed by atoms with van der Waals surface area (Å²) in [7, 11) is -9.19. The first-order valence-electron chi connectivity index (χ1n) is 3.53. The van der Waals surface area contributed by atoms with Crippen LogP contribution in [0.1, 0.15) is 0 Å². The average molecular weight is 324 g/mol. The van der Waals surface area contributed by atoms with E-state index >= 15 is 0 Å². The van der Waals surface area contributed by atoms with Crippen LogP contribution in [0.5, 0.6) is 0 Å². The molecule has 0 aromatic carbocycles. The number of hydrogen-bond acceptors (Lipinski definition) is 2. The molecule has 1 aromatic heterocycles. The van der Waals surface area contributed by atoms with Crippen LogP contribution in [0.25, 0.3) is 0 Å². The second-order valence-corrected chi connectivity index (χ2v) is 7.11. The molecule has 0 spiro atoms. The number of aromatic nitrogens is 1. The van der Waals surface area contributed by atoms with Crippen molar-refractivity contribution in [3.8, 4) is 0 Å². The van der Waals surface area contributed by atoms with Gasteiger partial charge in [0.05, 0.1) is 4.90 Å². The van der Waals surface area contributed by atoms with Crippen LogP contribution in [0.15, 0.2) is 29.4 Å². The molecule has 0 unspecified atom stereocenters. The van der Waals surface area contributed by atoms with Gasteiger partial charge in [0, 0.05) is 22.8 Å².